The van der Waals surface area contributed by atoms with Gasteiger partial charge in [0.15, 0.2) is 0 Å². The third kappa shape index (κ3) is 4.56. The smallest absolute Gasteiger partial charge is 0.137 e. The van der Waals surface area contributed by atoms with Gasteiger partial charge in [-0.3, -0.25) is 0 Å². The summed E-state index contributed by atoms with van der Waals surface area (Å²) >= 11 is 12.5. The minimum Gasteiger partial charge on any atom is -0.490 e. The van der Waals surface area contributed by atoms with Crippen molar-refractivity contribution in [3.8, 4) is 0 Å². The van der Waals surface area contributed by atoms with E-state index in [9.17, 15) is 0 Å². The van der Waals surface area contributed by atoms with Crippen LogP contribution in [-0.2, 0) is 35.7 Å². The molecule has 0 aromatic carbocycles. The van der Waals surface area contributed by atoms with Gasteiger partial charge in [-0.15, -0.1) is 0 Å². The maximum atomic E-state index is 9.00. The van der Waals surface area contributed by atoms with Crippen LogP contribution in [0.15, 0.2) is 44.9 Å². The third-order valence-electron chi connectivity index (χ3n) is 3.97. The molecule has 0 bridgehead atoms. The Bertz CT molecular complexity index is 541. The zero-order chi connectivity index (χ0) is 17.0. The molecule has 0 aliphatic heterocycles. The molecule has 0 heterocycles. The van der Waals surface area contributed by atoms with Gasteiger partial charge in [0.2, 0.25) is 0 Å². The van der Waals surface area contributed by atoms with E-state index in [0.29, 0.717) is 34.4 Å². The molecule has 0 unspecified atom stereocenters. The molecule has 0 atom stereocenters. The van der Waals surface area contributed by atoms with Crippen molar-refractivity contribution < 1.29 is 45.9 Å². The van der Waals surface area contributed by atoms with E-state index in [-0.39, 0.29) is 52.6 Å². The van der Waals surface area contributed by atoms with Crippen LogP contribution in [0.1, 0.15) is 26.7 Å². The van der Waals surface area contributed by atoms with E-state index in [1.54, 1.807) is 0 Å². The van der Waals surface area contributed by atoms with Crippen LogP contribution in [0.25, 0.3) is 0 Å². The van der Waals surface area contributed by atoms with Gasteiger partial charge in [-0.2, -0.15) is 0 Å². The number of hydrogen-bond acceptors (Lipinski definition) is 4. The Balaban J connectivity index is 0.00000288. The van der Waals surface area contributed by atoms with Crippen LogP contribution >= 0.6 is 23.2 Å². The van der Waals surface area contributed by atoms with Crippen molar-refractivity contribution >= 4 is 23.2 Å². The summed E-state index contributed by atoms with van der Waals surface area (Å²) in [6.07, 6.45) is 5.29. The Morgan fingerprint density at radius 2 is 1.29 bits per heavy atom. The van der Waals surface area contributed by atoms with Gasteiger partial charge in [-0.1, -0.05) is 49.2 Å². The molecule has 7 heteroatoms. The van der Waals surface area contributed by atoms with Crippen LogP contribution in [0, 0.1) is 5.41 Å². The number of rotatable bonds is 8. The van der Waals surface area contributed by atoms with Gasteiger partial charge < -0.3 is 19.7 Å². The van der Waals surface area contributed by atoms with Crippen LogP contribution in [0.5, 0.6) is 0 Å². The largest absolute Gasteiger partial charge is 0.490 e. The molecule has 0 aromatic heterocycles. The Morgan fingerprint density at radius 3 is 1.62 bits per heavy atom. The predicted molar refractivity (Wildman–Crippen MR) is 91.0 cm³/mol. The summed E-state index contributed by atoms with van der Waals surface area (Å²) in [5, 5.41) is 19.3. The van der Waals surface area contributed by atoms with Gasteiger partial charge >= 0.3 is 0 Å². The van der Waals surface area contributed by atoms with Crippen molar-refractivity contribution in [1.29, 1.82) is 0 Å². The summed E-state index contributed by atoms with van der Waals surface area (Å²) in [6, 6.07) is 0. The minimum absolute atomic E-state index is 0. The Morgan fingerprint density at radius 1 is 0.917 bits per heavy atom. The standard InChI is InChI=1S/C17H22Cl2O4.Zr/c1-17(2,11-3-5-13(18)15(11)22-9-7-20)12-4-6-14(19)16(12)23-10-8-21;/h3-4,20-21H,5-10H2,1-2H3;. The fraction of sp³-hybridized carbons (Fsp3) is 0.529. The Kier molecular flexibility index (Phi) is 8.78. The van der Waals surface area contributed by atoms with E-state index in [1.807, 2.05) is 12.2 Å². The van der Waals surface area contributed by atoms with E-state index >= 15 is 0 Å². The maximum Gasteiger partial charge on any atom is 0.137 e. The number of hydrogen-bond donors (Lipinski definition) is 2. The molecule has 4 nitrogen and oxygen atoms in total. The van der Waals surface area contributed by atoms with Gasteiger partial charge in [0.25, 0.3) is 0 Å². The molecule has 0 saturated carbocycles. The molecule has 2 aliphatic rings. The predicted octanol–water partition coefficient (Wildman–Crippen LogP) is 3.59. The molecule has 2 rings (SSSR count). The second-order valence-electron chi connectivity index (χ2n) is 5.88. The van der Waals surface area contributed by atoms with Crippen molar-refractivity contribution in [3.63, 3.8) is 0 Å². The number of aliphatic hydroxyl groups excluding tert-OH is 2. The van der Waals surface area contributed by atoms with Crippen LogP contribution in [0.3, 0.4) is 0 Å². The molecule has 132 valence electrons. The molecular weight excluding hydrogens is 430 g/mol. The van der Waals surface area contributed by atoms with Crippen LogP contribution in [-0.4, -0.2) is 36.6 Å². The summed E-state index contributed by atoms with van der Waals surface area (Å²) in [4.78, 5) is 0. The molecule has 0 spiro atoms. The van der Waals surface area contributed by atoms with Crippen molar-refractivity contribution in [2.75, 3.05) is 26.4 Å². The molecule has 0 saturated heterocycles. The fourth-order valence-corrected chi connectivity index (χ4v) is 3.34. The molecule has 2 aliphatic carbocycles. The molecule has 0 aromatic rings. The molecule has 0 radical (unpaired) electrons. The van der Waals surface area contributed by atoms with Crippen molar-refractivity contribution in [2.24, 2.45) is 5.41 Å². The molecular formula is C17H22Cl2O4Zr. The zero-order valence-corrected chi connectivity index (χ0v) is 17.8. The summed E-state index contributed by atoms with van der Waals surface area (Å²) in [7, 11) is 0. The number of aliphatic hydroxyl groups is 2. The van der Waals surface area contributed by atoms with Gasteiger partial charge in [0, 0.05) is 55.6 Å². The van der Waals surface area contributed by atoms with Crippen molar-refractivity contribution in [1.82, 2.24) is 0 Å². The normalized spacial score (nSPS) is 17.8. The van der Waals surface area contributed by atoms with Gasteiger partial charge in [0.1, 0.15) is 24.7 Å². The monoisotopic (exact) mass is 450 g/mol. The first-order chi connectivity index (χ1) is 10.9. The second-order valence-corrected chi connectivity index (χ2v) is 6.79. The summed E-state index contributed by atoms with van der Waals surface area (Å²) in [5.74, 6) is 1.24. The first kappa shape index (κ1) is 22.0. The van der Waals surface area contributed by atoms with Crippen molar-refractivity contribution in [3.05, 3.63) is 44.9 Å². The second kappa shape index (κ2) is 9.59. The molecule has 0 fully saturated rings. The quantitative estimate of drug-likeness (QED) is 0.591. The number of ether oxygens (including phenoxy) is 2. The van der Waals surface area contributed by atoms with Crippen LogP contribution in [0.4, 0.5) is 0 Å². The first-order valence-electron chi connectivity index (χ1n) is 7.60. The maximum absolute atomic E-state index is 9.00. The van der Waals surface area contributed by atoms with E-state index in [1.165, 1.54) is 0 Å². The van der Waals surface area contributed by atoms with E-state index in [4.69, 9.17) is 42.9 Å². The van der Waals surface area contributed by atoms with Gasteiger partial charge in [0.05, 0.1) is 23.3 Å². The topological polar surface area (TPSA) is 58.9 Å². The Labute approximate surface area is 171 Å². The SMILES string of the molecule is CC(C)(C1=CCC(Cl)=C1OCCO)C1=CCC(Cl)=C1OCCO.[Zr]. The summed E-state index contributed by atoms with van der Waals surface area (Å²) in [6.45, 7) is 4.37. The van der Waals surface area contributed by atoms with Gasteiger partial charge in [-0.05, 0) is 0 Å². The average Bonchev–Trinajstić information content (AvgIpc) is 3.07. The molecule has 24 heavy (non-hydrogen) atoms. The minimum atomic E-state index is -0.414. The van der Waals surface area contributed by atoms with Gasteiger partial charge in [-0.25, -0.2) is 0 Å². The van der Waals surface area contributed by atoms with E-state index < -0.39 is 5.41 Å². The fourth-order valence-electron chi connectivity index (χ4n) is 2.88. The van der Waals surface area contributed by atoms with E-state index in [0.717, 1.165) is 11.1 Å². The molecule has 0 amide bonds. The summed E-state index contributed by atoms with van der Waals surface area (Å²) < 4.78 is 11.3. The van der Waals surface area contributed by atoms with Crippen molar-refractivity contribution in [2.45, 2.75) is 26.7 Å². The molecule has 2 N–H and O–H groups in total. The number of allylic oxidation sites excluding steroid dienone is 6. The number of halogens is 2. The summed E-state index contributed by atoms with van der Waals surface area (Å²) in [5.41, 5.74) is 1.50. The zero-order valence-electron chi connectivity index (χ0n) is 13.9. The first-order valence-corrected chi connectivity index (χ1v) is 8.35. The van der Waals surface area contributed by atoms with Crippen LogP contribution in [0.2, 0.25) is 0 Å². The third-order valence-corrected chi connectivity index (χ3v) is 4.63. The van der Waals surface area contributed by atoms with Crippen LogP contribution < -0.4 is 0 Å². The van der Waals surface area contributed by atoms with E-state index in [2.05, 4.69) is 13.8 Å². The average molecular weight is 452 g/mol. The Hall–Kier alpha value is -0.0569.